The lowest BCUT2D eigenvalue weighted by Crippen LogP contribution is -2.10. The molecule has 1 aromatic rings. The zero-order valence-electron chi connectivity index (χ0n) is 7.96. The predicted octanol–water partition coefficient (Wildman–Crippen LogP) is 1.30. The van der Waals surface area contributed by atoms with Crippen LogP contribution in [-0.2, 0) is 4.79 Å². The fraction of sp³-hybridized carbons (Fsp3) is 0.300. The standard InChI is InChI=1S/C10H12N2O2/c1-6-4-8-9(5-7(6)11)14-3-2-10(13)12-8/h4-5H,2-3,11H2,1H3,(H,12,13). The highest BCUT2D eigenvalue weighted by molar-refractivity contribution is 5.93. The number of amides is 1. The molecule has 0 atom stereocenters. The van der Waals surface area contributed by atoms with Crippen LogP contribution in [0.25, 0.3) is 0 Å². The number of fused-ring (bicyclic) bond motifs is 1. The minimum atomic E-state index is -0.0204. The molecule has 0 bridgehead atoms. The van der Waals surface area contributed by atoms with Gasteiger partial charge < -0.3 is 15.8 Å². The van der Waals surface area contributed by atoms with Crippen molar-refractivity contribution in [1.82, 2.24) is 0 Å². The molecule has 0 spiro atoms. The molecule has 14 heavy (non-hydrogen) atoms. The summed E-state index contributed by atoms with van der Waals surface area (Å²) in [6.07, 6.45) is 0.383. The van der Waals surface area contributed by atoms with E-state index in [0.717, 1.165) is 5.56 Å². The molecule has 1 aromatic carbocycles. The van der Waals surface area contributed by atoms with Crippen molar-refractivity contribution >= 4 is 17.3 Å². The molecule has 3 N–H and O–H groups in total. The second-order valence-corrected chi connectivity index (χ2v) is 3.35. The molecule has 0 unspecified atom stereocenters. The highest BCUT2D eigenvalue weighted by atomic mass is 16.5. The zero-order chi connectivity index (χ0) is 10.1. The third-order valence-electron chi connectivity index (χ3n) is 2.23. The quantitative estimate of drug-likeness (QED) is 0.609. The van der Waals surface area contributed by atoms with Gasteiger partial charge in [-0.05, 0) is 18.6 Å². The summed E-state index contributed by atoms with van der Waals surface area (Å²) < 4.78 is 5.39. The number of hydrogen-bond acceptors (Lipinski definition) is 3. The van der Waals surface area contributed by atoms with Gasteiger partial charge >= 0.3 is 0 Å². The number of carbonyl (C=O) groups is 1. The highest BCUT2D eigenvalue weighted by Crippen LogP contribution is 2.31. The van der Waals surface area contributed by atoms with Crippen molar-refractivity contribution < 1.29 is 9.53 Å². The number of rotatable bonds is 0. The van der Waals surface area contributed by atoms with Crippen LogP contribution in [0.4, 0.5) is 11.4 Å². The summed E-state index contributed by atoms with van der Waals surface area (Å²) in [7, 11) is 0. The van der Waals surface area contributed by atoms with Gasteiger partial charge in [-0.1, -0.05) is 0 Å². The third-order valence-corrected chi connectivity index (χ3v) is 2.23. The van der Waals surface area contributed by atoms with Crippen LogP contribution >= 0.6 is 0 Å². The van der Waals surface area contributed by atoms with E-state index in [2.05, 4.69) is 5.32 Å². The molecule has 2 rings (SSSR count). The van der Waals surface area contributed by atoms with Crippen LogP contribution in [0, 0.1) is 6.92 Å². The van der Waals surface area contributed by atoms with Crippen LogP contribution in [0.2, 0.25) is 0 Å². The van der Waals surface area contributed by atoms with Gasteiger partial charge in [-0.25, -0.2) is 0 Å². The van der Waals surface area contributed by atoms with Crippen molar-refractivity contribution in [2.45, 2.75) is 13.3 Å². The molecule has 0 aromatic heterocycles. The molecule has 1 amide bonds. The second-order valence-electron chi connectivity index (χ2n) is 3.35. The summed E-state index contributed by atoms with van der Waals surface area (Å²) in [4.78, 5) is 11.2. The van der Waals surface area contributed by atoms with E-state index < -0.39 is 0 Å². The molecular formula is C10H12N2O2. The van der Waals surface area contributed by atoms with Gasteiger partial charge in [-0.15, -0.1) is 0 Å². The van der Waals surface area contributed by atoms with E-state index in [1.165, 1.54) is 0 Å². The van der Waals surface area contributed by atoms with Crippen molar-refractivity contribution in [2.24, 2.45) is 0 Å². The molecule has 0 saturated carbocycles. The molecule has 0 radical (unpaired) electrons. The molecule has 1 aliphatic heterocycles. The number of nitrogens with one attached hydrogen (secondary N) is 1. The molecule has 1 heterocycles. The van der Waals surface area contributed by atoms with Gasteiger partial charge in [0.15, 0.2) is 0 Å². The number of carbonyl (C=O) groups excluding carboxylic acids is 1. The molecule has 0 saturated heterocycles. The van der Waals surface area contributed by atoms with Crippen LogP contribution in [0.5, 0.6) is 5.75 Å². The molecule has 0 aliphatic carbocycles. The van der Waals surface area contributed by atoms with Gasteiger partial charge in [0, 0.05) is 11.8 Å². The maximum Gasteiger partial charge on any atom is 0.227 e. The number of anilines is 2. The fourth-order valence-electron chi connectivity index (χ4n) is 1.39. The van der Waals surface area contributed by atoms with Crippen LogP contribution in [0.1, 0.15) is 12.0 Å². The number of aryl methyl sites for hydroxylation is 1. The molecular weight excluding hydrogens is 180 g/mol. The van der Waals surface area contributed by atoms with Gasteiger partial charge in [-0.2, -0.15) is 0 Å². The number of hydrogen-bond donors (Lipinski definition) is 2. The summed E-state index contributed by atoms with van der Waals surface area (Å²) in [5, 5.41) is 2.77. The van der Waals surface area contributed by atoms with Crippen molar-refractivity contribution in [2.75, 3.05) is 17.7 Å². The lowest BCUT2D eigenvalue weighted by atomic mass is 10.1. The van der Waals surface area contributed by atoms with E-state index in [0.29, 0.717) is 30.2 Å². The Hall–Kier alpha value is -1.71. The van der Waals surface area contributed by atoms with Gasteiger partial charge in [0.05, 0.1) is 18.7 Å². The van der Waals surface area contributed by atoms with Crippen molar-refractivity contribution in [3.8, 4) is 5.75 Å². The minimum Gasteiger partial charge on any atom is -0.491 e. The van der Waals surface area contributed by atoms with E-state index in [9.17, 15) is 4.79 Å². The zero-order valence-corrected chi connectivity index (χ0v) is 7.96. The fourth-order valence-corrected chi connectivity index (χ4v) is 1.39. The Morgan fingerprint density at radius 1 is 1.50 bits per heavy atom. The first-order chi connectivity index (χ1) is 6.66. The van der Waals surface area contributed by atoms with E-state index in [1.54, 1.807) is 6.07 Å². The maximum absolute atomic E-state index is 11.2. The third kappa shape index (κ3) is 1.51. The topological polar surface area (TPSA) is 64.3 Å². The minimum absolute atomic E-state index is 0.0204. The average Bonchev–Trinajstić information content (AvgIpc) is 2.28. The first-order valence-electron chi connectivity index (χ1n) is 4.49. The lowest BCUT2D eigenvalue weighted by Gasteiger charge is -2.09. The van der Waals surface area contributed by atoms with Crippen molar-refractivity contribution in [1.29, 1.82) is 0 Å². The summed E-state index contributed by atoms with van der Waals surface area (Å²) in [6.45, 7) is 2.30. The van der Waals surface area contributed by atoms with E-state index in [-0.39, 0.29) is 5.91 Å². The van der Waals surface area contributed by atoms with Gasteiger partial charge in [0.1, 0.15) is 5.75 Å². The normalized spacial score (nSPS) is 15.1. The van der Waals surface area contributed by atoms with E-state index >= 15 is 0 Å². The first kappa shape index (κ1) is 8.87. The van der Waals surface area contributed by atoms with Gasteiger partial charge in [-0.3, -0.25) is 4.79 Å². The average molecular weight is 192 g/mol. The maximum atomic E-state index is 11.2. The Morgan fingerprint density at radius 2 is 2.29 bits per heavy atom. The number of nitrogens with two attached hydrogens (primary N) is 1. The predicted molar refractivity (Wildman–Crippen MR) is 54.3 cm³/mol. The SMILES string of the molecule is Cc1cc2c(cc1N)OCCC(=O)N2. The van der Waals surface area contributed by atoms with Crippen LogP contribution in [-0.4, -0.2) is 12.5 Å². The Balaban J connectivity index is 2.46. The molecule has 4 heteroatoms. The second kappa shape index (κ2) is 3.21. The molecule has 1 aliphatic rings. The highest BCUT2D eigenvalue weighted by Gasteiger charge is 2.14. The van der Waals surface area contributed by atoms with Crippen molar-refractivity contribution in [3.05, 3.63) is 17.7 Å². The van der Waals surface area contributed by atoms with Gasteiger partial charge in [0.25, 0.3) is 0 Å². The van der Waals surface area contributed by atoms with Gasteiger partial charge in [0.2, 0.25) is 5.91 Å². The van der Waals surface area contributed by atoms with Crippen molar-refractivity contribution in [3.63, 3.8) is 0 Å². The Bertz CT molecular complexity index is 388. The summed E-state index contributed by atoms with van der Waals surface area (Å²) in [5.41, 5.74) is 8.06. The Kier molecular flexibility index (Phi) is 2.04. The monoisotopic (exact) mass is 192 g/mol. The Morgan fingerprint density at radius 3 is 3.07 bits per heavy atom. The lowest BCUT2D eigenvalue weighted by molar-refractivity contribution is -0.116. The van der Waals surface area contributed by atoms with Crippen LogP contribution in [0.15, 0.2) is 12.1 Å². The largest absolute Gasteiger partial charge is 0.491 e. The van der Waals surface area contributed by atoms with Crippen LogP contribution in [0.3, 0.4) is 0 Å². The Labute approximate surface area is 82.1 Å². The van der Waals surface area contributed by atoms with E-state index in [1.807, 2.05) is 13.0 Å². The first-order valence-corrected chi connectivity index (χ1v) is 4.49. The molecule has 0 fully saturated rings. The number of ether oxygens (including phenoxy) is 1. The van der Waals surface area contributed by atoms with E-state index in [4.69, 9.17) is 10.5 Å². The summed E-state index contributed by atoms with van der Waals surface area (Å²) in [5.74, 6) is 0.631. The number of benzene rings is 1. The summed E-state index contributed by atoms with van der Waals surface area (Å²) >= 11 is 0. The number of nitrogen functional groups attached to an aromatic ring is 1. The molecule has 4 nitrogen and oxygen atoms in total. The smallest absolute Gasteiger partial charge is 0.227 e. The molecule has 74 valence electrons. The summed E-state index contributed by atoms with van der Waals surface area (Å²) in [6, 6.07) is 3.57. The van der Waals surface area contributed by atoms with Crippen LogP contribution < -0.4 is 15.8 Å².